The number of amides is 2. The molecule has 1 saturated heterocycles. The first-order chi connectivity index (χ1) is 18.1. The number of urea groups is 1. The molecule has 200 valence electrons. The van der Waals surface area contributed by atoms with E-state index in [2.05, 4.69) is 71.7 Å². The summed E-state index contributed by atoms with van der Waals surface area (Å²) in [7, 11) is 0. The number of rotatable bonds is 10. The van der Waals surface area contributed by atoms with Gasteiger partial charge >= 0.3 is 6.03 Å². The summed E-state index contributed by atoms with van der Waals surface area (Å²) < 4.78 is 5.46. The van der Waals surface area contributed by atoms with Crippen molar-refractivity contribution in [1.82, 2.24) is 15.1 Å². The summed E-state index contributed by atoms with van der Waals surface area (Å²) in [6.45, 7) is 12.5. The number of fused-ring (bicyclic) bond motifs is 1. The molecule has 4 rings (SSSR count). The second-order valence-corrected chi connectivity index (χ2v) is 9.32. The molecule has 1 aliphatic rings. The van der Waals surface area contributed by atoms with Crippen LogP contribution in [0.2, 0.25) is 0 Å². The zero-order valence-corrected chi connectivity index (χ0v) is 22.8. The van der Waals surface area contributed by atoms with Gasteiger partial charge in [-0.15, -0.1) is 0 Å². The fraction of sp³-hybridized carbons (Fsp3) is 0.452. The number of carbonyl (C=O) groups is 1. The molecule has 2 amide bonds. The Labute approximate surface area is 222 Å². The molecule has 1 fully saturated rings. The number of nitrogens with zero attached hydrogens (tertiary/aromatic N) is 2. The fourth-order valence-corrected chi connectivity index (χ4v) is 4.74. The van der Waals surface area contributed by atoms with Gasteiger partial charge in [-0.25, -0.2) is 4.79 Å². The van der Waals surface area contributed by atoms with Crippen molar-refractivity contribution in [3.8, 4) is 0 Å². The molecular weight excluding hydrogens is 460 g/mol. The average molecular weight is 505 g/mol. The summed E-state index contributed by atoms with van der Waals surface area (Å²) in [4.78, 5) is 17.8. The Hall–Kier alpha value is -2.93. The Kier molecular flexibility index (Phi) is 11.9. The smallest absolute Gasteiger partial charge is 0.318 e. The standard InChI is InChI=1S/C29H38N4O2.C2H6/c1-23(27-9-4-7-26-6-2-3-8-28(26)27)31-29(34)33(17-5-16-32-18-20-35-21-19-32)22-25-12-10-24(11-13-25)14-15-30;1-2/h2-4,6-13,23H,5,14-22,30H2,1H3,(H,31,34);1-2H3. The number of hydrogen-bond acceptors (Lipinski definition) is 4. The maximum atomic E-state index is 13.5. The van der Waals surface area contributed by atoms with Crippen LogP contribution in [-0.4, -0.2) is 61.8 Å². The summed E-state index contributed by atoms with van der Waals surface area (Å²) in [6.07, 6.45) is 1.80. The molecule has 37 heavy (non-hydrogen) atoms. The largest absolute Gasteiger partial charge is 0.379 e. The van der Waals surface area contributed by atoms with Crippen LogP contribution in [0.25, 0.3) is 10.8 Å². The van der Waals surface area contributed by atoms with Gasteiger partial charge in [0.15, 0.2) is 0 Å². The van der Waals surface area contributed by atoms with E-state index < -0.39 is 0 Å². The van der Waals surface area contributed by atoms with Gasteiger partial charge in [0.25, 0.3) is 0 Å². The molecule has 1 atom stereocenters. The maximum Gasteiger partial charge on any atom is 0.318 e. The highest BCUT2D eigenvalue weighted by Crippen LogP contribution is 2.24. The van der Waals surface area contributed by atoms with E-state index >= 15 is 0 Å². The molecule has 1 heterocycles. The van der Waals surface area contributed by atoms with Crippen molar-refractivity contribution >= 4 is 16.8 Å². The van der Waals surface area contributed by atoms with Crippen molar-refractivity contribution in [1.29, 1.82) is 0 Å². The molecule has 3 aromatic carbocycles. The molecule has 0 spiro atoms. The number of nitrogens with two attached hydrogens (primary N) is 1. The summed E-state index contributed by atoms with van der Waals surface area (Å²) in [6, 6.07) is 22.9. The zero-order chi connectivity index (χ0) is 26.5. The van der Waals surface area contributed by atoms with Crippen LogP contribution < -0.4 is 11.1 Å². The van der Waals surface area contributed by atoms with Gasteiger partial charge in [-0.1, -0.05) is 80.6 Å². The summed E-state index contributed by atoms with van der Waals surface area (Å²) in [5, 5.41) is 5.63. The minimum atomic E-state index is -0.0951. The van der Waals surface area contributed by atoms with E-state index in [1.807, 2.05) is 30.9 Å². The Balaban J connectivity index is 0.00000186. The van der Waals surface area contributed by atoms with Crippen LogP contribution in [0.5, 0.6) is 0 Å². The van der Waals surface area contributed by atoms with Crippen LogP contribution in [0.3, 0.4) is 0 Å². The molecule has 0 radical (unpaired) electrons. The minimum Gasteiger partial charge on any atom is -0.379 e. The van der Waals surface area contributed by atoms with Crippen LogP contribution in [0, 0.1) is 0 Å². The van der Waals surface area contributed by atoms with E-state index in [9.17, 15) is 4.79 Å². The highest BCUT2D eigenvalue weighted by molar-refractivity contribution is 5.86. The minimum absolute atomic E-state index is 0.0292. The van der Waals surface area contributed by atoms with E-state index in [0.29, 0.717) is 19.6 Å². The highest BCUT2D eigenvalue weighted by atomic mass is 16.5. The van der Waals surface area contributed by atoms with Crippen LogP contribution in [-0.2, 0) is 17.7 Å². The van der Waals surface area contributed by atoms with Crippen LogP contribution in [0.1, 0.15) is 49.9 Å². The Morgan fingerprint density at radius 1 is 1.00 bits per heavy atom. The molecular formula is C31H44N4O2. The second-order valence-electron chi connectivity index (χ2n) is 9.32. The lowest BCUT2D eigenvalue weighted by Gasteiger charge is -2.29. The number of benzene rings is 3. The van der Waals surface area contributed by atoms with E-state index in [-0.39, 0.29) is 12.1 Å². The normalized spacial score (nSPS) is 14.5. The summed E-state index contributed by atoms with van der Waals surface area (Å²) in [5.74, 6) is 0. The topological polar surface area (TPSA) is 70.8 Å². The van der Waals surface area contributed by atoms with E-state index in [0.717, 1.165) is 56.8 Å². The highest BCUT2D eigenvalue weighted by Gasteiger charge is 2.19. The molecule has 1 aliphatic heterocycles. The van der Waals surface area contributed by atoms with Gasteiger partial charge in [-0.05, 0) is 53.8 Å². The van der Waals surface area contributed by atoms with Crippen LogP contribution in [0.15, 0.2) is 66.7 Å². The monoisotopic (exact) mass is 504 g/mol. The Morgan fingerprint density at radius 2 is 1.68 bits per heavy atom. The summed E-state index contributed by atoms with van der Waals surface area (Å²) >= 11 is 0. The number of nitrogens with one attached hydrogen (secondary N) is 1. The predicted octanol–water partition coefficient (Wildman–Crippen LogP) is 5.36. The van der Waals surface area contributed by atoms with E-state index in [1.165, 1.54) is 16.3 Å². The lowest BCUT2D eigenvalue weighted by Crippen LogP contribution is -2.43. The number of hydrogen-bond donors (Lipinski definition) is 2. The molecule has 0 aliphatic carbocycles. The Bertz CT molecular complexity index is 1070. The van der Waals surface area contributed by atoms with Gasteiger partial charge in [-0.2, -0.15) is 0 Å². The number of carbonyl (C=O) groups excluding carboxylic acids is 1. The van der Waals surface area contributed by atoms with Gasteiger partial charge in [0.05, 0.1) is 19.3 Å². The van der Waals surface area contributed by atoms with Crippen LogP contribution >= 0.6 is 0 Å². The molecule has 1 unspecified atom stereocenters. The third-order valence-corrected chi connectivity index (χ3v) is 6.75. The lowest BCUT2D eigenvalue weighted by atomic mass is 10.00. The first-order valence-corrected chi connectivity index (χ1v) is 13.7. The average Bonchev–Trinajstić information content (AvgIpc) is 2.95. The SMILES string of the molecule is CC.CC(NC(=O)N(CCCN1CCOCC1)Cc1ccc(CCN)cc1)c1cccc2ccccc12. The number of morpholine rings is 1. The van der Waals surface area contributed by atoms with E-state index in [4.69, 9.17) is 10.5 Å². The lowest BCUT2D eigenvalue weighted by molar-refractivity contribution is 0.0364. The van der Waals surface area contributed by atoms with Crippen LogP contribution in [0.4, 0.5) is 4.79 Å². The number of ether oxygens (including phenoxy) is 1. The quantitative estimate of drug-likeness (QED) is 0.390. The molecule has 0 aromatic heterocycles. The van der Waals surface area contributed by atoms with Crippen molar-refractivity contribution in [2.45, 2.75) is 46.2 Å². The van der Waals surface area contributed by atoms with Gasteiger partial charge in [0, 0.05) is 32.7 Å². The predicted molar refractivity (Wildman–Crippen MR) is 154 cm³/mol. The van der Waals surface area contributed by atoms with Crippen molar-refractivity contribution < 1.29 is 9.53 Å². The van der Waals surface area contributed by atoms with Gasteiger partial charge in [-0.3, -0.25) is 4.90 Å². The van der Waals surface area contributed by atoms with Gasteiger partial charge in [0.2, 0.25) is 0 Å². The first-order valence-electron chi connectivity index (χ1n) is 13.7. The second kappa shape index (κ2) is 15.4. The first kappa shape index (κ1) is 28.6. The fourth-order valence-electron chi connectivity index (χ4n) is 4.74. The Morgan fingerprint density at radius 3 is 2.41 bits per heavy atom. The molecule has 6 nitrogen and oxygen atoms in total. The molecule has 6 heteroatoms. The third kappa shape index (κ3) is 8.56. The van der Waals surface area contributed by atoms with Crippen molar-refractivity contribution in [3.05, 3.63) is 83.4 Å². The van der Waals surface area contributed by atoms with Gasteiger partial charge in [0.1, 0.15) is 0 Å². The van der Waals surface area contributed by atoms with Crippen molar-refractivity contribution in [2.24, 2.45) is 5.73 Å². The molecule has 3 N–H and O–H groups in total. The maximum absolute atomic E-state index is 13.5. The molecule has 0 saturated carbocycles. The van der Waals surface area contributed by atoms with Gasteiger partial charge < -0.3 is 20.7 Å². The third-order valence-electron chi connectivity index (χ3n) is 6.75. The molecule has 0 bridgehead atoms. The summed E-state index contributed by atoms with van der Waals surface area (Å²) in [5.41, 5.74) is 9.18. The van der Waals surface area contributed by atoms with E-state index in [1.54, 1.807) is 0 Å². The van der Waals surface area contributed by atoms with Crippen molar-refractivity contribution in [2.75, 3.05) is 45.9 Å². The van der Waals surface area contributed by atoms with Crippen molar-refractivity contribution in [3.63, 3.8) is 0 Å². The zero-order valence-electron chi connectivity index (χ0n) is 22.8. The molecule has 3 aromatic rings.